The molecule has 5 heteroatoms. The number of fused-ring (bicyclic) bond motifs is 2. The third-order valence-electron chi connectivity index (χ3n) is 2.83. The van der Waals surface area contributed by atoms with Gasteiger partial charge in [-0.05, 0) is 0 Å². The zero-order chi connectivity index (χ0) is 13.3. The van der Waals surface area contributed by atoms with E-state index in [1.807, 2.05) is 18.2 Å². The first-order chi connectivity index (χ1) is 9.38. The van der Waals surface area contributed by atoms with E-state index in [-0.39, 0.29) is 5.75 Å². The van der Waals surface area contributed by atoms with E-state index in [0.29, 0.717) is 52.9 Å². The minimum atomic E-state index is 0.249. The number of aromatic hydroxyl groups is 1. The van der Waals surface area contributed by atoms with Crippen LogP contribution in [0.2, 0.25) is 0 Å². The van der Waals surface area contributed by atoms with Crippen LogP contribution in [0.3, 0.4) is 0 Å². The molecule has 0 aromatic heterocycles. The molecule has 106 valence electrons. The van der Waals surface area contributed by atoms with Crippen LogP contribution in [0, 0.1) is 0 Å². The number of hydrogen-bond donors (Lipinski definition) is 1. The van der Waals surface area contributed by atoms with E-state index in [1.165, 1.54) is 0 Å². The maximum absolute atomic E-state index is 10.1. The molecule has 0 saturated heterocycles. The lowest BCUT2D eigenvalue weighted by atomic mass is 10.1. The molecule has 0 radical (unpaired) electrons. The molecular formula is C14H20O5. The molecule has 5 nitrogen and oxygen atoms in total. The number of rotatable bonds is 0. The summed E-state index contributed by atoms with van der Waals surface area (Å²) in [6, 6.07) is 5.59. The van der Waals surface area contributed by atoms with Crippen LogP contribution in [-0.4, -0.2) is 44.7 Å². The van der Waals surface area contributed by atoms with Crippen molar-refractivity contribution in [3.63, 3.8) is 0 Å². The molecule has 1 aromatic carbocycles. The van der Waals surface area contributed by atoms with Crippen molar-refractivity contribution in [1.29, 1.82) is 0 Å². The average molecular weight is 268 g/mol. The van der Waals surface area contributed by atoms with Crippen LogP contribution >= 0.6 is 0 Å². The van der Waals surface area contributed by atoms with Crippen molar-refractivity contribution in [2.24, 2.45) is 0 Å². The minimum absolute atomic E-state index is 0.249. The summed E-state index contributed by atoms with van der Waals surface area (Å²) in [5, 5.41) is 10.1. The normalized spacial score (nSPS) is 19.4. The Morgan fingerprint density at radius 2 is 1.11 bits per heavy atom. The summed E-state index contributed by atoms with van der Waals surface area (Å²) < 4.78 is 21.6. The van der Waals surface area contributed by atoms with Crippen molar-refractivity contribution in [1.82, 2.24) is 0 Å². The largest absolute Gasteiger partial charge is 0.507 e. The summed E-state index contributed by atoms with van der Waals surface area (Å²) in [6.07, 6.45) is 0. The monoisotopic (exact) mass is 268 g/mol. The summed E-state index contributed by atoms with van der Waals surface area (Å²) in [6.45, 7) is 3.92. The van der Waals surface area contributed by atoms with Crippen LogP contribution in [0.1, 0.15) is 11.1 Å². The molecule has 1 heterocycles. The Hall–Kier alpha value is -1.14. The van der Waals surface area contributed by atoms with Crippen molar-refractivity contribution < 1.29 is 24.1 Å². The highest BCUT2D eigenvalue weighted by Crippen LogP contribution is 2.23. The molecule has 1 aliphatic heterocycles. The van der Waals surface area contributed by atoms with E-state index in [2.05, 4.69) is 0 Å². The molecule has 1 aromatic rings. The quantitative estimate of drug-likeness (QED) is 0.772. The topological polar surface area (TPSA) is 57.2 Å². The Bertz CT molecular complexity index is 348. The first-order valence-electron chi connectivity index (χ1n) is 6.48. The maximum atomic E-state index is 10.1. The molecule has 0 amide bonds. The molecule has 2 bridgehead atoms. The smallest absolute Gasteiger partial charge is 0.126 e. The van der Waals surface area contributed by atoms with E-state index >= 15 is 0 Å². The van der Waals surface area contributed by atoms with Gasteiger partial charge in [-0.15, -0.1) is 0 Å². The Morgan fingerprint density at radius 1 is 0.684 bits per heavy atom. The molecule has 0 fully saturated rings. The highest BCUT2D eigenvalue weighted by Gasteiger charge is 2.07. The second-order valence-electron chi connectivity index (χ2n) is 4.25. The first kappa shape index (κ1) is 14.3. The van der Waals surface area contributed by atoms with Gasteiger partial charge in [0.2, 0.25) is 0 Å². The molecule has 0 saturated carbocycles. The first-order valence-corrected chi connectivity index (χ1v) is 6.48. The van der Waals surface area contributed by atoms with Crippen LogP contribution in [-0.2, 0) is 32.2 Å². The Balaban J connectivity index is 1.97. The average Bonchev–Trinajstić information content (AvgIpc) is 2.42. The fourth-order valence-electron chi connectivity index (χ4n) is 1.80. The van der Waals surface area contributed by atoms with E-state index in [0.717, 1.165) is 11.1 Å². The lowest BCUT2D eigenvalue weighted by Gasteiger charge is -2.10. The van der Waals surface area contributed by atoms with Gasteiger partial charge < -0.3 is 24.1 Å². The van der Waals surface area contributed by atoms with E-state index in [4.69, 9.17) is 18.9 Å². The number of phenols is 1. The van der Waals surface area contributed by atoms with Gasteiger partial charge in [-0.25, -0.2) is 0 Å². The maximum Gasteiger partial charge on any atom is 0.126 e. The molecule has 2 rings (SSSR count). The third kappa shape index (κ3) is 4.80. The van der Waals surface area contributed by atoms with Gasteiger partial charge in [0.05, 0.1) is 52.9 Å². The highest BCUT2D eigenvalue weighted by atomic mass is 16.6. The lowest BCUT2D eigenvalue weighted by molar-refractivity contribution is -0.00523. The van der Waals surface area contributed by atoms with Crippen LogP contribution in [0.5, 0.6) is 5.75 Å². The van der Waals surface area contributed by atoms with Crippen molar-refractivity contribution in [3.8, 4) is 5.75 Å². The van der Waals surface area contributed by atoms with E-state index < -0.39 is 0 Å². The molecule has 19 heavy (non-hydrogen) atoms. The molecule has 1 N–H and O–H groups in total. The van der Waals surface area contributed by atoms with Gasteiger partial charge in [-0.1, -0.05) is 18.2 Å². The Morgan fingerprint density at radius 3 is 1.58 bits per heavy atom. The second-order valence-corrected chi connectivity index (χ2v) is 4.25. The molecule has 0 aliphatic carbocycles. The van der Waals surface area contributed by atoms with E-state index in [1.54, 1.807) is 0 Å². The molecule has 1 aliphatic rings. The van der Waals surface area contributed by atoms with Gasteiger partial charge in [0.1, 0.15) is 5.75 Å². The Kier molecular flexibility index (Phi) is 6.10. The van der Waals surface area contributed by atoms with Crippen molar-refractivity contribution in [2.75, 3.05) is 39.6 Å². The number of hydrogen-bond acceptors (Lipinski definition) is 5. The van der Waals surface area contributed by atoms with Crippen molar-refractivity contribution >= 4 is 0 Å². The molecular weight excluding hydrogens is 248 g/mol. The number of phenolic OH excluding ortho intramolecular Hbond substituents is 1. The zero-order valence-corrected chi connectivity index (χ0v) is 11.0. The second kappa shape index (κ2) is 8.12. The number of benzene rings is 1. The third-order valence-corrected chi connectivity index (χ3v) is 2.83. The van der Waals surface area contributed by atoms with Crippen molar-refractivity contribution in [2.45, 2.75) is 13.2 Å². The summed E-state index contributed by atoms with van der Waals surface area (Å²) >= 11 is 0. The fraction of sp³-hybridized carbons (Fsp3) is 0.571. The number of ether oxygens (including phenoxy) is 4. The predicted octanol–water partition coefficient (Wildman–Crippen LogP) is 1.47. The summed E-state index contributed by atoms with van der Waals surface area (Å²) in [5.74, 6) is 0.249. The molecule has 0 unspecified atom stereocenters. The van der Waals surface area contributed by atoms with Crippen molar-refractivity contribution in [3.05, 3.63) is 29.3 Å². The lowest BCUT2D eigenvalue weighted by Crippen LogP contribution is -2.11. The predicted molar refractivity (Wildman–Crippen MR) is 69.1 cm³/mol. The molecule has 0 spiro atoms. The van der Waals surface area contributed by atoms with Gasteiger partial charge in [-0.3, -0.25) is 0 Å². The highest BCUT2D eigenvalue weighted by molar-refractivity contribution is 5.39. The summed E-state index contributed by atoms with van der Waals surface area (Å²) in [5.41, 5.74) is 1.54. The fourth-order valence-corrected chi connectivity index (χ4v) is 1.80. The summed E-state index contributed by atoms with van der Waals surface area (Å²) in [4.78, 5) is 0. The standard InChI is InChI=1S/C14H20O5/c15-14-12-2-1-3-13(14)11-19-9-7-17-5-4-16-6-8-18-10-12/h1-3,15H,4-11H2. The van der Waals surface area contributed by atoms with Crippen LogP contribution in [0.4, 0.5) is 0 Å². The van der Waals surface area contributed by atoms with Gasteiger partial charge in [-0.2, -0.15) is 0 Å². The Labute approximate surface area is 113 Å². The SMILES string of the molecule is Oc1c2cccc1COCCOCCOCCOC2. The molecule has 0 atom stereocenters. The zero-order valence-electron chi connectivity index (χ0n) is 11.0. The van der Waals surface area contributed by atoms with Gasteiger partial charge >= 0.3 is 0 Å². The summed E-state index contributed by atoms with van der Waals surface area (Å²) in [7, 11) is 0. The number of para-hydroxylation sites is 1. The minimum Gasteiger partial charge on any atom is -0.507 e. The van der Waals surface area contributed by atoms with Crippen LogP contribution < -0.4 is 0 Å². The van der Waals surface area contributed by atoms with Gasteiger partial charge in [0, 0.05) is 11.1 Å². The van der Waals surface area contributed by atoms with Gasteiger partial charge in [0.15, 0.2) is 0 Å². The van der Waals surface area contributed by atoms with E-state index in [9.17, 15) is 5.11 Å². The van der Waals surface area contributed by atoms with Crippen LogP contribution in [0.25, 0.3) is 0 Å². The van der Waals surface area contributed by atoms with Crippen LogP contribution in [0.15, 0.2) is 18.2 Å². The van der Waals surface area contributed by atoms with Gasteiger partial charge in [0.25, 0.3) is 0 Å².